The van der Waals surface area contributed by atoms with E-state index in [0.717, 1.165) is 31.7 Å². The summed E-state index contributed by atoms with van der Waals surface area (Å²) >= 11 is 0. The standard InChI is InChI=1S/C12H22FN/c13-11-7-4-8-12(11)14-9-10-5-2-1-3-6-10/h10-12,14H,1-9H2/t11-,12+/m1/s1. The van der Waals surface area contributed by atoms with Gasteiger partial charge in [-0.2, -0.15) is 0 Å². The van der Waals surface area contributed by atoms with E-state index in [1.807, 2.05) is 0 Å². The van der Waals surface area contributed by atoms with Gasteiger partial charge in [0.25, 0.3) is 0 Å². The Kier molecular flexibility index (Phi) is 3.80. The Morgan fingerprint density at radius 1 is 0.929 bits per heavy atom. The van der Waals surface area contributed by atoms with Crippen LogP contribution in [0.5, 0.6) is 0 Å². The van der Waals surface area contributed by atoms with Crippen molar-refractivity contribution in [2.24, 2.45) is 5.92 Å². The third-order valence-corrected chi connectivity index (χ3v) is 3.83. The van der Waals surface area contributed by atoms with Crippen LogP contribution in [0.25, 0.3) is 0 Å². The number of halogens is 1. The van der Waals surface area contributed by atoms with Gasteiger partial charge >= 0.3 is 0 Å². The number of nitrogens with one attached hydrogen (secondary N) is 1. The van der Waals surface area contributed by atoms with E-state index in [2.05, 4.69) is 5.32 Å². The molecule has 2 fully saturated rings. The molecule has 0 saturated heterocycles. The van der Waals surface area contributed by atoms with Crippen molar-refractivity contribution in [3.63, 3.8) is 0 Å². The fourth-order valence-electron chi connectivity index (χ4n) is 2.85. The minimum atomic E-state index is -0.571. The highest BCUT2D eigenvalue weighted by molar-refractivity contribution is 4.84. The Morgan fingerprint density at radius 2 is 1.71 bits per heavy atom. The number of hydrogen-bond acceptors (Lipinski definition) is 1. The molecule has 2 saturated carbocycles. The summed E-state index contributed by atoms with van der Waals surface area (Å²) in [6.07, 6.45) is 9.23. The van der Waals surface area contributed by atoms with E-state index in [1.54, 1.807) is 0 Å². The van der Waals surface area contributed by atoms with Gasteiger partial charge in [-0.05, 0) is 44.6 Å². The lowest BCUT2D eigenvalue weighted by atomic mass is 9.89. The molecule has 2 aliphatic rings. The predicted molar refractivity (Wildman–Crippen MR) is 57.1 cm³/mol. The summed E-state index contributed by atoms with van der Waals surface area (Å²) in [4.78, 5) is 0. The first-order valence-corrected chi connectivity index (χ1v) is 6.24. The Bertz CT molecular complexity index is 166. The first kappa shape index (κ1) is 10.4. The highest BCUT2D eigenvalue weighted by atomic mass is 19.1. The molecule has 1 nitrogen and oxygen atoms in total. The van der Waals surface area contributed by atoms with Gasteiger partial charge in [-0.3, -0.25) is 0 Å². The largest absolute Gasteiger partial charge is 0.311 e. The molecule has 0 bridgehead atoms. The van der Waals surface area contributed by atoms with Crippen LogP contribution in [0.4, 0.5) is 4.39 Å². The topological polar surface area (TPSA) is 12.0 Å². The van der Waals surface area contributed by atoms with Gasteiger partial charge in [-0.15, -0.1) is 0 Å². The second-order valence-corrected chi connectivity index (χ2v) is 4.97. The summed E-state index contributed by atoms with van der Waals surface area (Å²) in [7, 11) is 0. The van der Waals surface area contributed by atoms with E-state index in [4.69, 9.17) is 0 Å². The molecule has 0 aromatic carbocycles. The first-order valence-electron chi connectivity index (χ1n) is 6.24. The van der Waals surface area contributed by atoms with Crippen LogP contribution >= 0.6 is 0 Å². The molecule has 0 aliphatic heterocycles. The van der Waals surface area contributed by atoms with Crippen molar-refractivity contribution >= 4 is 0 Å². The van der Waals surface area contributed by atoms with E-state index >= 15 is 0 Å². The van der Waals surface area contributed by atoms with Crippen LogP contribution < -0.4 is 5.32 Å². The fraction of sp³-hybridized carbons (Fsp3) is 1.00. The minimum Gasteiger partial charge on any atom is -0.311 e. The minimum absolute atomic E-state index is 0.178. The van der Waals surface area contributed by atoms with E-state index in [1.165, 1.54) is 32.1 Å². The monoisotopic (exact) mass is 199 g/mol. The van der Waals surface area contributed by atoms with Gasteiger partial charge in [0.15, 0.2) is 0 Å². The number of hydrogen-bond donors (Lipinski definition) is 1. The molecule has 0 unspecified atom stereocenters. The van der Waals surface area contributed by atoms with Crippen molar-refractivity contribution in [2.75, 3.05) is 6.54 Å². The first-order chi connectivity index (χ1) is 6.86. The SMILES string of the molecule is F[C@@H]1CCC[C@@H]1NCC1CCCCC1. The second-order valence-electron chi connectivity index (χ2n) is 4.97. The molecule has 2 rings (SSSR count). The van der Waals surface area contributed by atoms with Gasteiger partial charge in [0.2, 0.25) is 0 Å². The number of alkyl halides is 1. The molecule has 0 aromatic heterocycles. The molecule has 2 atom stereocenters. The van der Waals surface area contributed by atoms with Crippen molar-refractivity contribution < 1.29 is 4.39 Å². The molecular weight excluding hydrogens is 177 g/mol. The molecule has 82 valence electrons. The molecule has 0 amide bonds. The number of rotatable bonds is 3. The highest BCUT2D eigenvalue weighted by Crippen LogP contribution is 2.25. The summed E-state index contributed by atoms with van der Waals surface area (Å²) in [5.74, 6) is 0.830. The maximum Gasteiger partial charge on any atom is 0.115 e. The normalized spacial score (nSPS) is 34.9. The van der Waals surface area contributed by atoms with Crippen LogP contribution in [0, 0.1) is 5.92 Å². The second kappa shape index (κ2) is 5.11. The third-order valence-electron chi connectivity index (χ3n) is 3.83. The summed E-state index contributed by atoms with van der Waals surface area (Å²) in [5.41, 5.74) is 0. The third kappa shape index (κ3) is 2.69. The molecular formula is C12H22FN. The van der Waals surface area contributed by atoms with Crippen molar-refractivity contribution in [3.05, 3.63) is 0 Å². The van der Waals surface area contributed by atoms with Gasteiger partial charge in [0, 0.05) is 6.04 Å². The Balaban J connectivity index is 1.65. The molecule has 2 heteroatoms. The van der Waals surface area contributed by atoms with Crippen molar-refractivity contribution in [1.82, 2.24) is 5.32 Å². The fourth-order valence-corrected chi connectivity index (χ4v) is 2.85. The molecule has 0 heterocycles. The van der Waals surface area contributed by atoms with Gasteiger partial charge in [0.05, 0.1) is 0 Å². The van der Waals surface area contributed by atoms with Crippen molar-refractivity contribution in [2.45, 2.75) is 63.6 Å². The maximum atomic E-state index is 13.3. The van der Waals surface area contributed by atoms with E-state index in [-0.39, 0.29) is 6.04 Å². The summed E-state index contributed by atoms with van der Waals surface area (Å²) in [5, 5.41) is 3.43. The zero-order valence-corrected chi connectivity index (χ0v) is 8.97. The molecule has 14 heavy (non-hydrogen) atoms. The Labute approximate surface area is 86.5 Å². The zero-order chi connectivity index (χ0) is 9.80. The van der Waals surface area contributed by atoms with Crippen molar-refractivity contribution in [1.29, 1.82) is 0 Å². The van der Waals surface area contributed by atoms with Crippen LogP contribution in [-0.4, -0.2) is 18.8 Å². The molecule has 1 N–H and O–H groups in total. The van der Waals surface area contributed by atoms with Gasteiger partial charge < -0.3 is 5.32 Å². The van der Waals surface area contributed by atoms with Crippen LogP contribution in [0.3, 0.4) is 0 Å². The molecule has 0 spiro atoms. The quantitative estimate of drug-likeness (QED) is 0.736. The van der Waals surface area contributed by atoms with E-state index < -0.39 is 6.17 Å². The Hall–Kier alpha value is -0.110. The zero-order valence-electron chi connectivity index (χ0n) is 8.97. The lowest BCUT2D eigenvalue weighted by Crippen LogP contribution is -2.37. The molecule has 0 radical (unpaired) electrons. The lowest BCUT2D eigenvalue weighted by Gasteiger charge is -2.24. The van der Waals surface area contributed by atoms with E-state index in [0.29, 0.717) is 0 Å². The van der Waals surface area contributed by atoms with Crippen LogP contribution in [0.15, 0.2) is 0 Å². The summed E-state index contributed by atoms with van der Waals surface area (Å²) in [6.45, 7) is 1.06. The van der Waals surface area contributed by atoms with E-state index in [9.17, 15) is 4.39 Å². The van der Waals surface area contributed by atoms with Crippen LogP contribution in [0.1, 0.15) is 51.4 Å². The summed E-state index contributed by atoms with van der Waals surface area (Å²) in [6, 6.07) is 0.178. The van der Waals surface area contributed by atoms with Gasteiger partial charge in [-0.1, -0.05) is 19.3 Å². The predicted octanol–water partition coefficient (Wildman–Crippen LogP) is 3.05. The molecule has 0 aromatic rings. The van der Waals surface area contributed by atoms with Crippen LogP contribution in [0.2, 0.25) is 0 Å². The smallest absolute Gasteiger partial charge is 0.115 e. The van der Waals surface area contributed by atoms with Crippen molar-refractivity contribution in [3.8, 4) is 0 Å². The lowest BCUT2D eigenvalue weighted by molar-refractivity contribution is 0.257. The average molecular weight is 199 g/mol. The maximum absolute atomic E-state index is 13.3. The van der Waals surface area contributed by atoms with Gasteiger partial charge in [-0.25, -0.2) is 4.39 Å². The highest BCUT2D eigenvalue weighted by Gasteiger charge is 2.27. The Morgan fingerprint density at radius 3 is 2.36 bits per heavy atom. The summed E-state index contributed by atoms with van der Waals surface area (Å²) < 4.78 is 13.3. The van der Waals surface area contributed by atoms with Crippen LogP contribution in [-0.2, 0) is 0 Å². The average Bonchev–Trinajstić information content (AvgIpc) is 2.63. The van der Waals surface area contributed by atoms with Gasteiger partial charge in [0.1, 0.15) is 6.17 Å². The molecule has 2 aliphatic carbocycles.